The molecule has 0 saturated carbocycles. The predicted molar refractivity (Wildman–Crippen MR) is 85.8 cm³/mol. The van der Waals surface area contributed by atoms with E-state index in [-0.39, 0.29) is 5.91 Å². The van der Waals surface area contributed by atoms with Crippen LogP contribution in [0.15, 0.2) is 24.3 Å². The smallest absolute Gasteiger partial charge is 0.220 e. The number of H-pyrrole nitrogens is 1. The van der Waals surface area contributed by atoms with Crippen molar-refractivity contribution in [2.75, 3.05) is 7.11 Å². The van der Waals surface area contributed by atoms with Crippen LogP contribution < -0.4 is 10.1 Å². The molecule has 0 radical (unpaired) electrons. The van der Waals surface area contributed by atoms with Gasteiger partial charge in [0.25, 0.3) is 0 Å². The molecule has 1 heterocycles. The number of nitrogens with one attached hydrogen (secondary N) is 2. The van der Waals surface area contributed by atoms with Crippen LogP contribution in [0.2, 0.25) is 0 Å². The molecule has 2 N–H and O–H groups in total. The second-order valence-corrected chi connectivity index (χ2v) is 5.39. The highest BCUT2D eigenvalue weighted by atomic mass is 16.5. The fourth-order valence-corrected chi connectivity index (χ4v) is 2.36. The maximum Gasteiger partial charge on any atom is 0.220 e. The van der Waals surface area contributed by atoms with Gasteiger partial charge in [-0.3, -0.25) is 9.89 Å². The van der Waals surface area contributed by atoms with E-state index < -0.39 is 0 Å². The zero-order chi connectivity index (χ0) is 15.9. The number of aromatic amines is 1. The van der Waals surface area contributed by atoms with Crippen LogP contribution in [0.25, 0.3) is 0 Å². The number of ether oxygens (including phenoxy) is 1. The number of aromatic nitrogens is 2. The number of nitrogens with zero attached hydrogens (tertiary/aromatic N) is 1. The Kier molecular flexibility index (Phi) is 5.58. The third-order valence-electron chi connectivity index (χ3n) is 3.77. The molecule has 118 valence electrons. The molecule has 0 aliphatic carbocycles. The van der Waals surface area contributed by atoms with Crippen LogP contribution in [0, 0.1) is 13.8 Å². The van der Waals surface area contributed by atoms with E-state index in [1.54, 1.807) is 7.11 Å². The van der Waals surface area contributed by atoms with Crippen molar-refractivity contribution in [3.05, 3.63) is 46.8 Å². The number of methoxy groups -OCH3 is 1. The zero-order valence-corrected chi connectivity index (χ0v) is 13.4. The molecular formula is C17H23N3O2. The summed E-state index contributed by atoms with van der Waals surface area (Å²) in [6, 6.07) is 7.96. The van der Waals surface area contributed by atoms with Crippen LogP contribution in [0.3, 0.4) is 0 Å². The largest absolute Gasteiger partial charge is 0.497 e. The Balaban J connectivity index is 1.71. The Bertz CT molecular complexity index is 598. The Morgan fingerprint density at radius 1 is 1.27 bits per heavy atom. The number of carbonyl (C=O) groups excluding carboxylic acids is 1. The average Bonchev–Trinajstić information content (AvgIpc) is 2.84. The van der Waals surface area contributed by atoms with Crippen LogP contribution in [0.1, 0.15) is 35.4 Å². The van der Waals surface area contributed by atoms with Gasteiger partial charge in [0.1, 0.15) is 5.75 Å². The Hall–Kier alpha value is -2.30. The Labute approximate surface area is 131 Å². The van der Waals surface area contributed by atoms with E-state index in [1.165, 1.54) is 5.56 Å². The fourth-order valence-electron chi connectivity index (χ4n) is 2.36. The van der Waals surface area contributed by atoms with Gasteiger partial charge in [-0.05, 0) is 44.4 Å². The lowest BCUT2D eigenvalue weighted by Crippen LogP contribution is -2.23. The molecule has 0 aliphatic heterocycles. The normalized spacial score (nSPS) is 10.5. The van der Waals surface area contributed by atoms with E-state index in [9.17, 15) is 4.79 Å². The van der Waals surface area contributed by atoms with E-state index in [4.69, 9.17) is 4.74 Å². The molecule has 0 spiro atoms. The SMILES string of the molecule is COc1ccc(CCCC(=O)NCc2c(C)n[nH]c2C)cc1. The third kappa shape index (κ3) is 4.35. The van der Waals surface area contributed by atoms with Crippen molar-refractivity contribution < 1.29 is 9.53 Å². The lowest BCUT2D eigenvalue weighted by Gasteiger charge is -2.06. The molecule has 0 unspecified atom stereocenters. The Morgan fingerprint density at radius 2 is 2.00 bits per heavy atom. The number of hydrogen-bond acceptors (Lipinski definition) is 3. The summed E-state index contributed by atoms with van der Waals surface area (Å²) in [5, 5.41) is 10.00. The number of carbonyl (C=O) groups is 1. The number of hydrogen-bond donors (Lipinski definition) is 2. The van der Waals surface area contributed by atoms with Crippen LogP contribution >= 0.6 is 0 Å². The van der Waals surface area contributed by atoms with Gasteiger partial charge in [0, 0.05) is 24.2 Å². The highest BCUT2D eigenvalue weighted by molar-refractivity contribution is 5.75. The predicted octanol–water partition coefficient (Wildman–Crippen LogP) is 2.67. The quantitative estimate of drug-likeness (QED) is 0.826. The summed E-state index contributed by atoms with van der Waals surface area (Å²) in [5.74, 6) is 0.931. The standard InChI is InChI=1S/C17H23N3O2/c1-12-16(13(2)20-19-12)11-18-17(21)6-4-5-14-7-9-15(22-3)10-8-14/h7-10H,4-6,11H2,1-3H3,(H,18,21)(H,19,20). The molecular weight excluding hydrogens is 278 g/mol. The Morgan fingerprint density at radius 3 is 2.59 bits per heavy atom. The van der Waals surface area contributed by atoms with Gasteiger partial charge in [-0.1, -0.05) is 12.1 Å². The minimum atomic E-state index is 0.0773. The maximum atomic E-state index is 11.9. The second kappa shape index (κ2) is 7.64. The van der Waals surface area contributed by atoms with E-state index in [0.29, 0.717) is 13.0 Å². The molecule has 2 rings (SSSR count). The minimum Gasteiger partial charge on any atom is -0.497 e. The molecule has 5 nitrogen and oxygen atoms in total. The molecule has 1 aromatic heterocycles. The van der Waals surface area contributed by atoms with Crippen LogP contribution in [0.5, 0.6) is 5.75 Å². The molecule has 0 bridgehead atoms. The molecule has 0 fully saturated rings. The summed E-state index contributed by atoms with van der Waals surface area (Å²) >= 11 is 0. The first kappa shape index (κ1) is 16.1. The fraction of sp³-hybridized carbons (Fsp3) is 0.412. The first-order valence-corrected chi connectivity index (χ1v) is 7.50. The zero-order valence-electron chi connectivity index (χ0n) is 13.4. The maximum absolute atomic E-state index is 11.9. The van der Waals surface area contributed by atoms with Crippen molar-refractivity contribution in [3.63, 3.8) is 0 Å². The molecule has 0 saturated heterocycles. The van der Waals surface area contributed by atoms with Gasteiger partial charge >= 0.3 is 0 Å². The third-order valence-corrected chi connectivity index (χ3v) is 3.77. The topological polar surface area (TPSA) is 67.0 Å². The number of aryl methyl sites for hydroxylation is 3. The summed E-state index contributed by atoms with van der Waals surface area (Å²) in [6.45, 7) is 4.44. The summed E-state index contributed by atoms with van der Waals surface area (Å²) in [5.41, 5.74) is 4.24. The monoisotopic (exact) mass is 301 g/mol. The van der Waals surface area contributed by atoms with Crippen molar-refractivity contribution in [1.82, 2.24) is 15.5 Å². The number of amides is 1. The van der Waals surface area contributed by atoms with Gasteiger partial charge < -0.3 is 10.1 Å². The van der Waals surface area contributed by atoms with Crippen LogP contribution in [-0.4, -0.2) is 23.2 Å². The number of rotatable bonds is 7. The summed E-state index contributed by atoms with van der Waals surface area (Å²) in [7, 11) is 1.66. The van der Waals surface area contributed by atoms with Gasteiger partial charge in [0.05, 0.1) is 12.8 Å². The second-order valence-electron chi connectivity index (χ2n) is 5.39. The highest BCUT2D eigenvalue weighted by Crippen LogP contribution is 2.13. The molecule has 5 heteroatoms. The van der Waals surface area contributed by atoms with Crippen LogP contribution in [-0.2, 0) is 17.8 Å². The molecule has 0 aliphatic rings. The minimum absolute atomic E-state index is 0.0773. The van der Waals surface area contributed by atoms with Gasteiger partial charge in [-0.25, -0.2) is 0 Å². The number of benzene rings is 1. The highest BCUT2D eigenvalue weighted by Gasteiger charge is 2.08. The van der Waals surface area contributed by atoms with Crippen LogP contribution in [0.4, 0.5) is 0 Å². The first-order chi connectivity index (χ1) is 10.6. The van der Waals surface area contributed by atoms with E-state index in [2.05, 4.69) is 15.5 Å². The van der Waals surface area contributed by atoms with Crippen molar-refractivity contribution in [1.29, 1.82) is 0 Å². The van der Waals surface area contributed by atoms with Crippen molar-refractivity contribution in [2.45, 2.75) is 39.7 Å². The molecule has 1 amide bonds. The van der Waals surface area contributed by atoms with E-state index in [0.717, 1.165) is 35.5 Å². The van der Waals surface area contributed by atoms with Crippen molar-refractivity contribution >= 4 is 5.91 Å². The van der Waals surface area contributed by atoms with Gasteiger partial charge in [-0.15, -0.1) is 0 Å². The summed E-state index contributed by atoms with van der Waals surface area (Å²) < 4.78 is 5.13. The summed E-state index contributed by atoms with van der Waals surface area (Å²) in [6.07, 6.45) is 2.25. The van der Waals surface area contributed by atoms with Crippen molar-refractivity contribution in [3.8, 4) is 5.75 Å². The van der Waals surface area contributed by atoms with Crippen molar-refractivity contribution in [2.24, 2.45) is 0 Å². The van der Waals surface area contributed by atoms with Gasteiger partial charge in [0.2, 0.25) is 5.91 Å². The lowest BCUT2D eigenvalue weighted by molar-refractivity contribution is -0.121. The van der Waals surface area contributed by atoms with Gasteiger partial charge in [0.15, 0.2) is 0 Å². The first-order valence-electron chi connectivity index (χ1n) is 7.50. The van der Waals surface area contributed by atoms with E-state index >= 15 is 0 Å². The molecule has 2 aromatic rings. The van der Waals surface area contributed by atoms with Gasteiger partial charge in [-0.2, -0.15) is 5.10 Å². The van der Waals surface area contributed by atoms with E-state index in [1.807, 2.05) is 38.1 Å². The molecule has 0 atom stereocenters. The summed E-state index contributed by atoms with van der Waals surface area (Å²) in [4.78, 5) is 11.9. The lowest BCUT2D eigenvalue weighted by atomic mass is 10.1. The average molecular weight is 301 g/mol. The molecule has 22 heavy (non-hydrogen) atoms. The molecule has 1 aromatic carbocycles.